The number of nitrogens with one attached hydrogen (secondary N) is 1. The van der Waals surface area contributed by atoms with E-state index in [4.69, 9.17) is 22.3 Å². The number of benzene rings is 1. The quantitative estimate of drug-likeness (QED) is 0.539. The predicted octanol–water partition coefficient (Wildman–Crippen LogP) is 2.01. The van der Waals surface area contributed by atoms with Gasteiger partial charge < -0.3 is 15.6 Å². The summed E-state index contributed by atoms with van der Waals surface area (Å²) in [5, 5.41) is 6.33. The first-order valence-corrected chi connectivity index (χ1v) is 9.52. The molecule has 9 heteroatoms. The van der Waals surface area contributed by atoms with Crippen molar-refractivity contribution in [1.82, 2.24) is 24.3 Å². The van der Waals surface area contributed by atoms with Crippen molar-refractivity contribution < 1.29 is 0 Å². The molecule has 1 unspecified atom stereocenters. The summed E-state index contributed by atoms with van der Waals surface area (Å²) in [7, 11) is 3.60. The lowest BCUT2D eigenvalue weighted by atomic mass is 10.0. The van der Waals surface area contributed by atoms with Gasteiger partial charge >= 0.3 is 0 Å². The Balaban J connectivity index is 1.71. The molecule has 1 atom stereocenters. The van der Waals surface area contributed by atoms with Crippen LogP contribution >= 0.6 is 11.6 Å². The van der Waals surface area contributed by atoms with E-state index < -0.39 is 0 Å². The van der Waals surface area contributed by atoms with E-state index in [0.717, 1.165) is 35.0 Å². The average molecular weight is 398 g/mol. The van der Waals surface area contributed by atoms with Gasteiger partial charge in [0.05, 0.1) is 15.9 Å². The number of halogens is 1. The van der Waals surface area contributed by atoms with Crippen LogP contribution in [-0.4, -0.2) is 43.4 Å². The number of fused-ring (bicyclic) bond motifs is 2. The first kappa shape index (κ1) is 17.3. The number of nitrogens with zero attached hydrogens (tertiary/aromatic N) is 5. The highest BCUT2D eigenvalue weighted by atomic mass is 35.5. The highest BCUT2D eigenvalue weighted by Crippen LogP contribution is 2.36. The van der Waals surface area contributed by atoms with Crippen LogP contribution in [-0.2, 0) is 14.1 Å². The fourth-order valence-corrected chi connectivity index (χ4v) is 4.31. The van der Waals surface area contributed by atoms with Crippen LogP contribution in [0.5, 0.6) is 0 Å². The minimum absolute atomic E-state index is 0.108. The van der Waals surface area contributed by atoms with Crippen molar-refractivity contribution in [2.45, 2.75) is 12.5 Å². The third-order valence-corrected chi connectivity index (χ3v) is 5.83. The largest absolute Gasteiger partial charge is 0.345 e. The van der Waals surface area contributed by atoms with Crippen molar-refractivity contribution in [2.75, 3.05) is 18.0 Å². The Morgan fingerprint density at radius 3 is 2.86 bits per heavy atom. The van der Waals surface area contributed by atoms with Crippen LogP contribution in [0, 0.1) is 0 Å². The summed E-state index contributed by atoms with van der Waals surface area (Å²) in [4.78, 5) is 23.1. The van der Waals surface area contributed by atoms with Crippen LogP contribution in [0.25, 0.3) is 33.1 Å². The fourth-order valence-electron chi connectivity index (χ4n) is 4.00. The average Bonchev–Trinajstić information content (AvgIpc) is 3.36. The van der Waals surface area contributed by atoms with Crippen molar-refractivity contribution in [3.63, 3.8) is 0 Å². The van der Waals surface area contributed by atoms with Crippen LogP contribution in [0.1, 0.15) is 6.42 Å². The fraction of sp³-hybridized carbons (Fsp3) is 0.316. The number of anilines is 1. The van der Waals surface area contributed by atoms with Gasteiger partial charge in [0.25, 0.3) is 5.56 Å². The number of nitrogens with two attached hydrogens (primary N) is 1. The topological polar surface area (TPSA) is 97.8 Å². The lowest BCUT2D eigenvalue weighted by molar-refractivity contribution is 0.740. The normalized spacial score (nSPS) is 17.3. The second-order valence-corrected chi connectivity index (χ2v) is 7.74. The number of H-pyrrole nitrogens is 1. The number of aromatic nitrogens is 5. The Morgan fingerprint density at radius 1 is 1.29 bits per heavy atom. The van der Waals surface area contributed by atoms with Crippen LogP contribution in [0.3, 0.4) is 0 Å². The third kappa shape index (κ3) is 2.45. The summed E-state index contributed by atoms with van der Waals surface area (Å²) < 4.78 is 3.32. The Bertz CT molecular complexity index is 1290. The molecule has 4 heterocycles. The molecule has 144 valence electrons. The zero-order valence-electron chi connectivity index (χ0n) is 15.6. The maximum atomic E-state index is 13.2. The van der Waals surface area contributed by atoms with Gasteiger partial charge in [-0.15, -0.1) is 0 Å². The molecule has 1 aliphatic rings. The van der Waals surface area contributed by atoms with Gasteiger partial charge in [0.2, 0.25) is 5.95 Å². The SMILES string of the molecule is Cn1cc2c(Cl)c(-c3c[nH]c4nc(N5CCC(N)C5)n(C)c(=O)c34)ccc2n1. The summed E-state index contributed by atoms with van der Waals surface area (Å²) in [5.41, 5.74) is 8.80. The van der Waals surface area contributed by atoms with Gasteiger partial charge in [0.1, 0.15) is 5.65 Å². The Kier molecular flexibility index (Phi) is 3.75. The van der Waals surface area contributed by atoms with E-state index in [1.165, 1.54) is 0 Å². The van der Waals surface area contributed by atoms with Gasteiger partial charge in [-0.25, -0.2) is 0 Å². The van der Waals surface area contributed by atoms with Crippen LogP contribution in [0.15, 0.2) is 29.3 Å². The molecule has 0 aliphatic carbocycles. The first-order valence-electron chi connectivity index (χ1n) is 9.15. The molecular formula is C19H20ClN7O. The predicted molar refractivity (Wildman–Crippen MR) is 111 cm³/mol. The molecule has 3 aromatic heterocycles. The summed E-state index contributed by atoms with van der Waals surface area (Å²) >= 11 is 6.67. The van der Waals surface area contributed by atoms with E-state index in [2.05, 4.69) is 15.0 Å². The number of hydrogen-bond acceptors (Lipinski definition) is 5. The van der Waals surface area contributed by atoms with E-state index in [1.807, 2.05) is 25.4 Å². The van der Waals surface area contributed by atoms with Crippen molar-refractivity contribution in [3.05, 3.63) is 39.9 Å². The first-order chi connectivity index (χ1) is 13.4. The summed E-state index contributed by atoms with van der Waals surface area (Å²) in [6.07, 6.45) is 4.56. The van der Waals surface area contributed by atoms with Gasteiger partial charge in [-0.3, -0.25) is 14.0 Å². The molecule has 1 aromatic carbocycles. The minimum atomic E-state index is -0.112. The van der Waals surface area contributed by atoms with Crippen molar-refractivity contribution >= 4 is 39.5 Å². The molecule has 4 aromatic rings. The Hall–Kier alpha value is -2.84. The number of aryl methyl sites for hydroxylation is 1. The van der Waals surface area contributed by atoms with Crippen molar-refractivity contribution in [1.29, 1.82) is 0 Å². The zero-order chi connectivity index (χ0) is 19.6. The molecule has 1 aliphatic heterocycles. The van der Waals surface area contributed by atoms with Gasteiger partial charge in [0, 0.05) is 62.1 Å². The van der Waals surface area contributed by atoms with E-state index in [1.54, 1.807) is 22.5 Å². The number of hydrogen-bond donors (Lipinski definition) is 2. The molecule has 28 heavy (non-hydrogen) atoms. The molecule has 5 rings (SSSR count). The molecule has 3 N–H and O–H groups in total. The minimum Gasteiger partial charge on any atom is -0.345 e. The van der Waals surface area contributed by atoms with Gasteiger partial charge in [-0.05, 0) is 12.5 Å². The second kappa shape index (κ2) is 6.08. The van der Waals surface area contributed by atoms with Gasteiger partial charge in [0.15, 0.2) is 0 Å². The van der Waals surface area contributed by atoms with Crippen LogP contribution in [0.4, 0.5) is 5.95 Å². The smallest absolute Gasteiger partial charge is 0.264 e. The maximum absolute atomic E-state index is 13.2. The Morgan fingerprint density at radius 2 is 2.11 bits per heavy atom. The highest BCUT2D eigenvalue weighted by molar-refractivity contribution is 6.38. The Labute approximate surface area is 165 Å². The summed E-state index contributed by atoms with van der Waals surface area (Å²) in [6, 6.07) is 3.91. The van der Waals surface area contributed by atoms with E-state index in [9.17, 15) is 4.79 Å². The molecule has 1 fully saturated rings. The molecule has 0 bridgehead atoms. The standard InChI is InChI=1S/C19H20ClN7O/c1-25-9-13-14(24-25)4-3-11(16(13)20)12-7-22-17-15(12)18(28)26(2)19(23-17)27-6-5-10(21)8-27/h3-4,7,9-10,22H,5-6,8,21H2,1-2H3. The van der Waals surface area contributed by atoms with E-state index >= 15 is 0 Å². The highest BCUT2D eigenvalue weighted by Gasteiger charge is 2.25. The molecule has 0 saturated carbocycles. The second-order valence-electron chi connectivity index (χ2n) is 7.36. The molecule has 0 radical (unpaired) electrons. The lowest BCUT2D eigenvalue weighted by Crippen LogP contribution is -2.32. The van der Waals surface area contributed by atoms with Gasteiger partial charge in [-0.2, -0.15) is 10.1 Å². The van der Waals surface area contributed by atoms with E-state index in [0.29, 0.717) is 28.5 Å². The number of rotatable bonds is 2. The maximum Gasteiger partial charge on any atom is 0.264 e. The molecule has 0 spiro atoms. The molecule has 1 saturated heterocycles. The van der Waals surface area contributed by atoms with Crippen LogP contribution < -0.4 is 16.2 Å². The molecular weight excluding hydrogens is 378 g/mol. The van der Waals surface area contributed by atoms with Gasteiger partial charge in [-0.1, -0.05) is 17.7 Å². The van der Waals surface area contributed by atoms with Crippen molar-refractivity contribution in [3.8, 4) is 11.1 Å². The monoisotopic (exact) mass is 397 g/mol. The number of aromatic amines is 1. The van der Waals surface area contributed by atoms with E-state index in [-0.39, 0.29) is 11.6 Å². The summed E-state index contributed by atoms with van der Waals surface area (Å²) in [5.74, 6) is 0.632. The molecule has 8 nitrogen and oxygen atoms in total. The zero-order valence-corrected chi connectivity index (χ0v) is 16.4. The lowest BCUT2D eigenvalue weighted by Gasteiger charge is -2.19. The van der Waals surface area contributed by atoms with Crippen LogP contribution in [0.2, 0.25) is 5.02 Å². The summed E-state index contributed by atoms with van der Waals surface area (Å²) in [6.45, 7) is 1.49. The van der Waals surface area contributed by atoms with Crippen molar-refractivity contribution in [2.24, 2.45) is 19.8 Å². The third-order valence-electron chi connectivity index (χ3n) is 5.43. The molecule has 0 amide bonds.